The van der Waals surface area contributed by atoms with Crippen molar-refractivity contribution in [1.82, 2.24) is 0 Å². The molecule has 0 aromatic carbocycles. The minimum absolute atomic E-state index is 0.106. The van der Waals surface area contributed by atoms with Crippen molar-refractivity contribution in [3.63, 3.8) is 0 Å². The Morgan fingerprint density at radius 2 is 0.444 bits per heavy atom. The zero-order valence-corrected chi connectivity index (χ0v) is 59.9. The van der Waals surface area contributed by atoms with Crippen LogP contribution in [0.25, 0.3) is 0 Å². The van der Waals surface area contributed by atoms with E-state index in [0.29, 0.717) is 25.7 Å². The van der Waals surface area contributed by atoms with Crippen LogP contribution < -0.4 is 0 Å². The number of esters is 4. The van der Waals surface area contributed by atoms with E-state index < -0.39 is 97.5 Å². The van der Waals surface area contributed by atoms with Gasteiger partial charge in [-0.15, -0.1) is 0 Å². The maximum Gasteiger partial charge on any atom is 0.472 e. The van der Waals surface area contributed by atoms with Gasteiger partial charge in [-0.05, 0) is 25.7 Å². The summed E-state index contributed by atoms with van der Waals surface area (Å²) in [6, 6.07) is 0. The Bertz CT molecular complexity index is 1720. The van der Waals surface area contributed by atoms with Gasteiger partial charge in [0, 0.05) is 25.7 Å². The smallest absolute Gasteiger partial charge is 0.462 e. The van der Waals surface area contributed by atoms with Gasteiger partial charge in [-0.1, -0.05) is 323 Å². The van der Waals surface area contributed by atoms with Crippen molar-refractivity contribution in [1.29, 1.82) is 0 Å². The van der Waals surface area contributed by atoms with Crippen LogP contribution in [0.3, 0.4) is 0 Å². The third-order valence-corrected chi connectivity index (χ3v) is 18.5. The van der Waals surface area contributed by atoms with E-state index in [1.165, 1.54) is 199 Å². The second kappa shape index (κ2) is 65.7. The van der Waals surface area contributed by atoms with Gasteiger partial charge in [-0.3, -0.25) is 37.3 Å². The van der Waals surface area contributed by atoms with Gasteiger partial charge >= 0.3 is 39.5 Å². The number of carbonyl (C=O) groups is 4. The monoisotopic (exact) mass is 1320 g/mol. The summed E-state index contributed by atoms with van der Waals surface area (Å²) in [4.78, 5) is 72.2. The lowest BCUT2D eigenvalue weighted by atomic mass is 10.0. The number of carbonyl (C=O) groups excluding carboxylic acids is 4. The molecule has 534 valence electrons. The summed E-state index contributed by atoms with van der Waals surface area (Å²) in [5.41, 5.74) is 0. The molecule has 3 N–H and O–H groups in total. The lowest BCUT2D eigenvalue weighted by Gasteiger charge is -2.21. The quantitative estimate of drug-likeness (QED) is 0.0222. The van der Waals surface area contributed by atoms with Crippen LogP contribution in [0.2, 0.25) is 0 Å². The second-order valence-corrected chi connectivity index (χ2v) is 28.5. The van der Waals surface area contributed by atoms with Gasteiger partial charge in [0.05, 0.1) is 26.4 Å². The highest BCUT2D eigenvalue weighted by Crippen LogP contribution is 2.45. The highest BCUT2D eigenvalue weighted by molar-refractivity contribution is 7.47. The van der Waals surface area contributed by atoms with E-state index in [1.54, 1.807) is 0 Å². The van der Waals surface area contributed by atoms with Gasteiger partial charge in [-0.2, -0.15) is 0 Å². The number of hydrogen-bond donors (Lipinski definition) is 3. The van der Waals surface area contributed by atoms with Gasteiger partial charge in [0.15, 0.2) is 12.2 Å². The van der Waals surface area contributed by atoms with Gasteiger partial charge in [0.2, 0.25) is 0 Å². The standard InChI is InChI=1S/C71H138O17P2/c1-5-9-13-17-20-23-26-28-29-30-31-32-33-34-35-36-38-40-43-46-50-54-58-71(76)88-67(62-82-69(74)56-52-48-44-42-39-37-27-24-21-18-14-10-6-2)64-86-90(79,80)84-60-65(72)59-83-89(77,78)85-63-66(61-81-68(73)55-51-47-16-12-8-4)87-70(75)57-53-49-45-41-25-22-19-15-11-7-3/h65-67,72H,5-64H2,1-4H3,(H,77,78)(H,79,80)/t65-,66+,67+/m0/s1. The molecule has 90 heavy (non-hydrogen) atoms. The molecule has 0 saturated heterocycles. The summed E-state index contributed by atoms with van der Waals surface area (Å²) < 4.78 is 68.0. The molecule has 2 unspecified atom stereocenters. The van der Waals surface area contributed by atoms with E-state index in [1.807, 2.05) is 0 Å². The van der Waals surface area contributed by atoms with Crippen LogP contribution in [0.5, 0.6) is 0 Å². The Hall–Kier alpha value is -1.94. The predicted octanol–water partition coefficient (Wildman–Crippen LogP) is 20.7. The molecule has 5 atom stereocenters. The molecule has 0 heterocycles. The van der Waals surface area contributed by atoms with E-state index in [9.17, 15) is 43.2 Å². The summed E-state index contributed by atoms with van der Waals surface area (Å²) in [5.74, 6) is -2.13. The van der Waals surface area contributed by atoms with Gasteiger partial charge in [0.25, 0.3) is 0 Å². The fraction of sp³-hybridized carbons (Fsp3) is 0.944. The van der Waals surface area contributed by atoms with Crippen LogP contribution in [-0.2, 0) is 65.4 Å². The number of ether oxygens (including phenoxy) is 4. The second-order valence-electron chi connectivity index (χ2n) is 25.6. The molecule has 0 bridgehead atoms. The average molecular weight is 1330 g/mol. The number of aliphatic hydroxyl groups is 1. The first-order valence-electron chi connectivity index (χ1n) is 37.3. The van der Waals surface area contributed by atoms with Crippen molar-refractivity contribution in [2.24, 2.45) is 0 Å². The first-order chi connectivity index (χ1) is 43.7. The number of phosphoric ester groups is 2. The topological polar surface area (TPSA) is 237 Å². The maximum absolute atomic E-state index is 13.0. The van der Waals surface area contributed by atoms with Crippen molar-refractivity contribution in [3.8, 4) is 0 Å². The highest BCUT2D eigenvalue weighted by atomic mass is 31.2. The molecule has 0 aliphatic carbocycles. The van der Waals surface area contributed by atoms with E-state index in [0.717, 1.165) is 96.3 Å². The van der Waals surface area contributed by atoms with Crippen molar-refractivity contribution < 1.29 is 80.2 Å². The molecule has 0 aliphatic heterocycles. The molecule has 0 aromatic heterocycles. The number of unbranched alkanes of at least 4 members (excludes halogenated alkanes) is 46. The minimum Gasteiger partial charge on any atom is -0.462 e. The molecule has 17 nitrogen and oxygen atoms in total. The number of aliphatic hydroxyl groups excluding tert-OH is 1. The Morgan fingerprint density at radius 1 is 0.267 bits per heavy atom. The van der Waals surface area contributed by atoms with Crippen LogP contribution in [0.4, 0.5) is 0 Å². The summed E-state index contributed by atoms with van der Waals surface area (Å²) in [7, 11) is -9.89. The fourth-order valence-corrected chi connectivity index (χ4v) is 12.4. The first-order valence-corrected chi connectivity index (χ1v) is 40.3. The van der Waals surface area contributed by atoms with E-state index in [2.05, 4.69) is 27.7 Å². The van der Waals surface area contributed by atoms with Crippen molar-refractivity contribution in [3.05, 3.63) is 0 Å². The van der Waals surface area contributed by atoms with E-state index in [4.69, 9.17) is 37.0 Å². The Labute approximate surface area is 549 Å². The molecule has 0 aromatic rings. The van der Waals surface area contributed by atoms with Gasteiger partial charge in [0.1, 0.15) is 19.3 Å². The minimum atomic E-state index is -4.95. The Morgan fingerprint density at radius 3 is 0.656 bits per heavy atom. The lowest BCUT2D eigenvalue weighted by molar-refractivity contribution is -0.161. The maximum atomic E-state index is 13.0. The molecule has 0 radical (unpaired) electrons. The zero-order chi connectivity index (χ0) is 66.1. The van der Waals surface area contributed by atoms with Crippen molar-refractivity contribution in [2.75, 3.05) is 39.6 Å². The summed E-state index contributed by atoms with van der Waals surface area (Å²) in [5, 5.41) is 10.5. The summed E-state index contributed by atoms with van der Waals surface area (Å²) >= 11 is 0. The number of rotatable bonds is 72. The fourth-order valence-electron chi connectivity index (χ4n) is 10.9. The van der Waals surface area contributed by atoms with E-state index in [-0.39, 0.29) is 25.7 Å². The molecule has 0 fully saturated rings. The Kier molecular flexibility index (Phi) is 64.3. The molecular weight excluding hydrogens is 1190 g/mol. The van der Waals surface area contributed by atoms with Crippen LogP contribution in [0, 0.1) is 0 Å². The average Bonchev–Trinajstić information content (AvgIpc) is 3.35. The highest BCUT2D eigenvalue weighted by Gasteiger charge is 2.30. The molecule has 0 aliphatic rings. The molecule has 0 amide bonds. The lowest BCUT2D eigenvalue weighted by Crippen LogP contribution is -2.30. The molecule has 0 saturated carbocycles. The normalized spacial score (nSPS) is 14.0. The van der Waals surface area contributed by atoms with Crippen LogP contribution in [0.1, 0.15) is 374 Å². The van der Waals surface area contributed by atoms with Crippen LogP contribution >= 0.6 is 15.6 Å². The van der Waals surface area contributed by atoms with Crippen molar-refractivity contribution >= 4 is 39.5 Å². The first kappa shape index (κ1) is 88.1. The molecule has 19 heteroatoms. The van der Waals surface area contributed by atoms with Gasteiger partial charge < -0.3 is 33.8 Å². The third-order valence-electron chi connectivity index (χ3n) is 16.6. The van der Waals surface area contributed by atoms with E-state index >= 15 is 0 Å². The third kappa shape index (κ3) is 64.8. The Balaban J connectivity index is 5.08. The molecular formula is C71H138O17P2. The summed E-state index contributed by atoms with van der Waals surface area (Å²) in [6.07, 6.45) is 54.7. The SMILES string of the molecule is CCCCCCCCCCCCCCCCCCCCCCCCC(=O)O[C@H](COC(=O)CCCCCCCCCCCCCCC)COP(=O)(O)OC[C@@H](O)COP(=O)(O)OC[C@@H](COC(=O)CCCCCCC)OC(=O)CCCCCCCCCCCC. The van der Waals surface area contributed by atoms with Gasteiger partial charge in [-0.25, -0.2) is 9.13 Å². The van der Waals surface area contributed by atoms with Crippen LogP contribution in [-0.4, -0.2) is 96.7 Å². The largest absolute Gasteiger partial charge is 0.472 e. The summed E-state index contributed by atoms with van der Waals surface area (Å²) in [6.45, 7) is 4.85. The number of phosphoric acid groups is 2. The predicted molar refractivity (Wildman–Crippen MR) is 363 cm³/mol. The van der Waals surface area contributed by atoms with Crippen molar-refractivity contribution in [2.45, 2.75) is 393 Å². The molecule has 0 rings (SSSR count). The number of hydrogen-bond acceptors (Lipinski definition) is 15. The molecule has 0 spiro atoms. The zero-order valence-electron chi connectivity index (χ0n) is 58.1. The van der Waals surface area contributed by atoms with Crippen LogP contribution in [0.15, 0.2) is 0 Å².